The normalized spacial score (nSPS) is 11.2. The van der Waals surface area contributed by atoms with Crippen LogP contribution in [0.25, 0.3) is 0 Å². The molecule has 0 radical (unpaired) electrons. The zero-order chi connectivity index (χ0) is 18.2. The van der Waals surface area contributed by atoms with Gasteiger partial charge in [-0.15, -0.1) is 0 Å². The molecule has 3 aromatic carbocycles. The quantitative estimate of drug-likeness (QED) is 0.412. The molecular formula is C20H16Cl2N4. The average molecular weight is 383 g/mol. The lowest BCUT2D eigenvalue weighted by Crippen LogP contribution is -1.94. The fourth-order valence-electron chi connectivity index (χ4n) is 2.18. The Balaban J connectivity index is 1.63. The summed E-state index contributed by atoms with van der Waals surface area (Å²) in [5, 5.41) is 9.68. The highest BCUT2D eigenvalue weighted by Gasteiger charge is 1.97. The molecule has 130 valence electrons. The monoisotopic (exact) mass is 382 g/mol. The van der Waals surface area contributed by atoms with E-state index in [1.54, 1.807) is 12.4 Å². The second kappa shape index (κ2) is 9.04. The van der Waals surface area contributed by atoms with E-state index >= 15 is 0 Å². The number of nitrogens with one attached hydrogen (secondary N) is 2. The molecule has 0 bridgehead atoms. The molecule has 0 fully saturated rings. The molecule has 3 rings (SSSR count). The zero-order valence-corrected chi connectivity index (χ0v) is 15.2. The lowest BCUT2D eigenvalue weighted by molar-refractivity contribution is 1.34. The van der Waals surface area contributed by atoms with E-state index in [1.165, 1.54) is 0 Å². The van der Waals surface area contributed by atoms with Crippen molar-refractivity contribution in [1.29, 1.82) is 0 Å². The topological polar surface area (TPSA) is 48.8 Å². The Morgan fingerprint density at radius 1 is 0.615 bits per heavy atom. The molecule has 0 atom stereocenters. The molecule has 0 aliphatic heterocycles. The van der Waals surface area contributed by atoms with Crippen molar-refractivity contribution in [1.82, 2.24) is 0 Å². The van der Waals surface area contributed by atoms with Crippen molar-refractivity contribution in [2.45, 2.75) is 0 Å². The van der Waals surface area contributed by atoms with Gasteiger partial charge in [0.15, 0.2) is 0 Å². The van der Waals surface area contributed by atoms with Crippen LogP contribution in [-0.4, -0.2) is 12.4 Å². The summed E-state index contributed by atoms with van der Waals surface area (Å²) in [5.74, 6) is 0. The van der Waals surface area contributed by atoms with Gasteiger partial charge in [-0.1, -0.05) is 65.7 Å². The summed E-state index contributed by atoms with van der Waals surface area (Å²) in [6, 6.07) is 22.7. The van der Waals surface area contributed by atoms with E-state index in [2.05, 4.69) is 21.1 Å². The van der Waals surface area contributed by atoms with Crippen molar-refractivity contribution in [3.05, 3.63) is 94.0 Å². The Kier molecular flexibility index (Phi) is 6.25. The van der Waals surface area contributed by atoms with Crippen LogP contribution in [-0.2, 0) is 0 Å². The SMILES string of the molecule is Clc1ccccc1N/N=C\c1cccc(/C=N\Nc2ccccc2Cl)c1. The molecule has 4 nitrogen and oxygen atoms in total. The van der Waals surface area contributed by atoms with Crippen molar-refractivity contribution in [3.8, 4) is 0 Å². The Morgan fingerprint density at radius 3 is 1.54 bits per heavy atom. The van der Waals surface area contributed by atoms with Crippen LogP contribution in [0.3, 0.4) is 0 Å². The van der Waals surface area contributed by atoms with E-state index in [0.717, 1.165) is 22.5 Å². The minimum atomic E-state index is 0.621. The van der Waals surface area contributed by atoms with Crippen LogP contribution in [0.2, 0.25) is 10.0 Å². The molecule has 6 heteroatoms. The number of rotatable bonds is 6. The lowest BCUT2D eigenvalue weighted by Gasteiger charge is -2.03. The summed E-state index contributed by atoms with van der Waals surface area (Å²) in [5.41, 5.74) is 9.24. The summed E-state index contributed by atoms with van der Waals surface area (Å²) >= 11 is 12.2. The number of hydrogen-bond acceptors (Lipinski definition) is 4. The van der Waals surface area contributed by atoms with Gasteiger partial charge in [-0.3, -0.25) is 10.9 Å². The van der Waals surface area contributed by atoms with Crippen LogP contribution in [0.15, 0.2) is 83.0 Å². The van der Waals surface area contributed by atoms with Crippen LogP contribution in [0.5, 0.6) is 0 Å². The molecule has 3 aromatic rings. The van der Waals surface area contributed by atoms with Gasteiger partial charge in [0.1, 0.15) is 0 Å². The van der Waals surface area contributed by atoms with Gasteiger partial charge in [-0.2, -0.15) is 10.2 Å². The van der Waals surface area contributed by atoms with Gasteiger partial charge in [0.2, 0.25) is 0 Å². The van der Waals surface area contributed by atoms with E-state index in [9.17, 15) is 0 Å². The van der Waals surface area contributed by atoms with Crippen molar-refractivity contribution in [2.75, 3.05) is 10.9 Å². The summed E-state index contributed by atoms with van der Waals surface area (Å²) in [6.45, 7) is 0. The smallest absolute Gasteiger partial charge is 0.0748 e. The molecule has 0 aromatic heterocycles. The van der Waals surface area contributed by atoms with E-state index in [4.69, 9.17) is 23.2 Å². The predicted octanol–water partition coefficient (Wildman–Crippen LogP) is 5.89. The summed E-state index contributed by atoms with van der Waals surface area (Å²) in [6.07, 6.45) is 3.45. The average Bonchev–Trinajstić information content (AvgIpc) is 2.65. The van der Waals surface area contributed by atoms with Crippen molar-refractivity contribution < 1.29 is 0 Å². The Hall–Kier alpha value is -2.82. The van der Waals surface area contributed by atoms with Gasteiger partial charge in [-0.25, -0.2) is 0 Å². The largest absolute Gasteiger partial charge is 0.277 e. The van der Waals surface area contributed by atoms with Gasteiger partial charge in [0, 0.05) is 0 Å². The number of anilines is 2. The van der Waals surface area contributed by atoms with Crippen molar-refractivity contribution in [3.63, 3.8) is 0 Å². The van der Waals surface area contributed by atoms with Crippen LogP contribution < -0.4 is 10.9 Å². The van der Waals surface area contributed by atoms with Crippen LogP contribution >= 0.6 is 23.2 Å². The predicted molar refractivity (Wildman–Crippen MR) is 112 cm³/mol. The number of nitrogens with zero attached hydrogens (tertiary/aromatic N) is 2. The van der Waals surface area contributed by atoms with E-state index in [-0.39, 0.29) is 0 Å². The summed E-state index contributed by atoms with van der Waals surface area (Å²) < 4.78 is 0. The first-order chi connectivity index (χ1) is 12.7. The highest BCUT2D eigenvalue weighted by Crippen LogP contribution is 2.21. The summed E-state index contributed by atoms with van der Waals surface area (Å²) in [7, 11) is 0. The van der Waals surface area contributed by atoms with Crippen molar-refractivity contribution >= 4 is 47.0 Å². The van der Waals surface area contributed by atoms with Gasteiger partial charge in [0.05, 0.1) is 33.8 Å². The third-order valence-electron chi connectivity index (χ3n) is 3.46. The first-order valence-corrected chi connectivity index (χ1v) is 8.65. The molecular weight excluding hydrogens is 367 g/mol. The maximum Gasteiger partial charge on any atom is 0.0748 e. The lowest BCUT2D eigenvalue weighted by atomic mass is 10.1. The molecule has 0 heterocycles. The number of hydrazone groups is 2. The highest BCUT2D eigenvalue weighted by molar-refractivity contribution is 6.33. The molecule has 0 spiro atoms. The second-order valence-electron chi connectivity index (χ2n) is 5.37. The van der Waals surface area contributed by atoms with E-state index < -0.39 is 0 Å². The van der Waals surface area contributed by atoms with Gasteiger partial charge < -0.3 is 0 Å². The number of hydrogen-bond donors (Lipinski definition) is 2. The first kappa shape index (κ1) is 18.0. The Morgan fingerprint density at radius 2 is 1.08 bits per heavy atom. The van der Waals surface area contributed by atoms with Crippen LogP contribution in [0.1, 0.15) is 11.1 Å². The Bertz CT molecular complexity index is 866. The standard InChI is InChI=1S/C20H16Cl2N4/c21-17-8-1-3-10-19(17)25-23-13-15-6-5-7-16(12-15)14-24-26-20-11-4-2-9-18(20)22/h1-14,25-26H/b23-13-,24-14-. The molecule has 0 amide bonds. The van der Waals surface area contributed by atoms with E-state index in [1.807, 2.05) is 72.8 Å². The fraction of sp³-hybridized carbons (Fsp3) is 0. The molecule has 0 saturated carbocycles. The molecule has 0 saturated heterocycles. The number of benzene rings is 3. The molecule has 0 aliphatic carbocycles. The van der Waals surface area contributed by atoms with Gasteiger partial charge in [0.25, 0.3) is 0 Å². The maximum absolute atomic E-state index is 6.08. The minimum absolute atomic E-state index is 0.621. The highest BCUT2D eigenvalue weighted by atomic mass is 35.5. The minimum Gasteiger partial charge on any atom is -0.277 e. The van der Waals surface area contributed by atoms with Gasteiger partial charge >= 0.3 is 0 Å². The van der Waals surface area contributed by atoms with Gasteiger partial charge in [-0.05, 0) is 41.5 Å². The zero-order valence-electron chi connectivity index (χ0n) is 13.7. The first-order valence-electron chi connectivity index (χ1n) is 7.89. The molecule has 0 unspecified atom stereocenters. The molecule has 2 N–H and O–H groups in total. The van der Waals surface area contributed by atoms with Crippen molar-refractivity contribution in [2.24, 2.45) is 10.2 Å². The maximum atomic E-state index is 6.08. The fourth-order valence-corrected chi connectivity index (χ4v) is 2.53. The number of para-hydroxylation sites is 2. The summed E-state index contributed by atoms with van der Waals surface area (Å²) in [4.78, 5) is 0. The third kappa shape index (κ3) is 5.09. The molecule has 26 heavy (non-hydrogen) atoms. The Labute approximate surface area is 162 Å². The third-order valence-corrected chi connectivity index (χ3v) is 4.11. The molecule has 0 aliphatic rings. The second-order valence-corrected chi connectivity index (χ2v) is 6.18. The number of halogens is 2. The van der Waals surface area contributed by atoms with Crippen LogP contribution in [0.4, 0.5) is 11.4 Å². The van der Waals surface area contributed by atoms with E-state index in [0.29, 0.717) is 10.0 Å². The van der Waals surface area contributed by atoms with Crippen LogP contribution in [0, 0.1) is 0 Å².